The number of nitrogen functional groups attached to an aromatic ring is 1. The summed E-state index contributed by atoms with van der Waals surface area (Å²) >= 11 is 0. The summed E-state index contributed by atoms with van der Waals surface area (Å²) in [6.45, 7) is -0.159. The van der Waals surface area contributed by atoms with Gasteiger partial charge in [-0.15, -0.1) is 0 Å². The van der Waals surface area contributed by atoms with Crippen LogP contribution in [0.2, 0.25) is 0 Å². The fraction of sp³-hybridized carbons (Fsp3) is 0.304. The van der Waals surface area contributed by atoms with Crippen molar-refractivity contribution < 1.29 is 22.7 Å². The van der Waals surface area contributed by atoms with Crippen LogP contribution in [0.4, 0.5) is 19.3 Å². The van der Waals surface area contributed by atoms with Gasteiger partial charge in [-0.3, -0.25) is 4.90 Å². The summed E-state index contributed by atoms with van der Waals surface area (Å²) in [6, 6.07) is 9.28. The minimum atomic E-state index is -0.654. The number of nitrogens with two attached hydrogens (primary N) is 1. The van der Waals surface area contributed by atoms with Gasteiger partial charge < -0.3 is 19.8 Å². The van der Waals surface area contributed by atoms with Gasteiger partial charge in [-0.25, -0.2) is 18.4 Å². The second kappa shape index (κ2) is 9.78. The molecule has 2 aromatic carbocycles. The van der Waals surface area contributed by atoms with E-state index in [9.17, 15) is 18.4 Å². The number of fused-ring (bicyclic) bond motifs is 1. The number of alkyl halides is 1. The first kappa shape index (κ1) is 23.2. The fourth-order valence-corrected chi connectivity index (χ4v) is 3.32. The molecule has 3 aromatic rings. The molecular formula is C23H25F2N3O4. The molecule has 9 heteroatoms. The molecule has 0 bridgehead atoms. The smallest absolute Gasteiger partial charge is 0.414 e. The molecule has 0 unspecified atom stereocenters. The van der Waals surface area contributed by atoms with E-state index in [1.54, 1.807) is 50.3 Å². The van der Waals surface area contributed by atoms with Crippen LogP contribution in [0, 0.1) is 5.82 Å². The van der Waals surface area contributed by atoms with Crippen molar-refractivity contribution in [1.82, 2.24) is 9.80 Å². The molecule has 0 saturated carbocycles. The predicted octanol–water partition coefficient (Wildman–Crippen LogP) is 3.57. The molecule has 1 heterocycles. The highest BCUT2D eigenvalue weighted by Crippen LogP contribution is 2.28. The maximum absolute atomic E-state index is 14.5. The van der Waals surface area contributed by atoms with Crippen LogP contribution in [-0.2, 0) is 13.0 Å². The lowest BCUT2D eigenvalue weighted by Gasteiger charge is -2.19. The SMILES string of the molecule is CN(CCF)Cc1c(Cc2cccc(N)c2F)c(=O)oc2cc(OC(=O)N(C)C)ccc12. The fourth-order valence-electron chi connectivity index (χ4n) is 3.32. The number of carbonyl (C=O) groups is 1. The summed E-state index contributed by atoms with van der Waals surface area (Å²) in [5.41, 5.74) is 6.29. The molecule has 2 N–H and O–H groups in total. The summed E-state index contributed by atoms with van der Waals surface area (Å²) in [4.78, 5) is 27.7. The molecule has 32 heavy (non-hydrogen) atoms. The highest BCUT2D eigenvalue weighted by molar-refractivity contribution is 5.83. The Labute approximate surface area is 184 Å². The second-order valence-electron chi connectivity index (χ2n) is 7.69. The van der Waals surface area contributed by atoms with Crippen LogP contribution < -0.4 is 16.1 Å². The number of hydrogen-bond donors (Lipinski definition) is 1. The Morgan fingerprint density at radius 2 is 1.91 bits per heavy atom. The summed E-state index contributed by atoms with van der Waals surface area (Å²) in [7, 11) is 4.81. The van der Waals surface area contributed by atoms with Gasteiger partial charge in [-0.1, -0.05) is 12.1 Å². The number of ether oxygens (including phenoxy) is 1. The standard InChI is InChI=1S/C23H25F2N3O4/c1-27(2)23(30)31-15-7-8-16-18(13-28(3)10-9-24)17(22(29)32-20(16)12-15)11-14-5-4-6-19(26)21(14)25/h4-8,12H,9-11,13,26H2,1-3H3. The third-order valence-electron chi connectivity index (χ3n) is 5.03. The normalized spacial score (nSPS) is 11.2. The van der Waals surface area contributed by atoms with Crippen molar-refractivity contribution in [2.24, 2.45) is 0 Å². The number of benzene rings is 2. The average Bonchev–Trinajstić information content (AvgIpc) is 2.73. The van der Waals surface area contributed by atoms with Gasteiger partial charge in [0.1, 0.15) is 23.8 Å². The van der Waals surface area contributed by atoms with Crippen molar-refractivity contribution in [3.05, 3.63) is 69.3 Å². The van der Waals surface area contributed by atoms with Gasteiger partial charge in [0, 0.05) is 50.6 Å². The van der Waals surface area contributed by atoms with Crippen LogP contribution in [0.15, 0.2) is 45.6 Å². The molecule has 0 radical (unpaired) electrons. The zero-order valence-corrected chi connectivity index (χ0v) is 18.2. The van der Waals surface area contributed by atoms with Gasteiger partial charge >= 0.3 is 11.7 Å². The summed E-state index contributed by atoms with van der Waals surface area (Å²) < 4.78 is 38.1. The van der Waals surface area contributed by atoms with E-state index in [0.29, 0.717) is 10.9 Å². The Balaban J connectivity index is 2.12. The zero-order valence-electron chi connectivity index (χ0n) is 18.2. The van der Waals surface area contributed by atoms with Gasteiger partial charge in [0.05, 0.1) is 5.69 Å². The molecule has 0 aliphatic rings. The zero-order chi connectivity index (χ0) is 23.4. The highest BCUT2D eigenvalue weighted by Gasteiger charge is 2.19. The summed E-state index contributed by atoms with van der Waals surface area (Å²) in [5, 5.41) is 0.583. The number of amides is 1. The first-order chi connectivity index (χ1) is 15.2. The second-order valence-corrected chi connectivity index (χ2v) is 7.69. The van der Waals surface area contributed by atoms with E-state index in [-0.39, 0.29) is 47.7 Å². The number of hydrogen-bond acceptors (Lipinski definition) is 6. The minimum Gasteiger partial charge on any atom is -0.422 e. The maximum Gasteiger partial charge on any atom is 0.414 e. The van der Waals surface area contributed by atoms with E-state index in [0.717, 1.165) is 0 Å². The van der Waals surface area contributed by atoms with Crippen LogP contribution in [-0.4, -0.2) is 50.3 Å². The Morgan fingerprint density at radius 3 is 2.59 bits per heavy atom. The molecule has 0 atom stereocenters. The van der Waals surface area contributed by atoms with Crippen LogP contribution >= 0.6 is 0 Å². The molecular weight excluding hydrogens is 420 g/mol. The largest absolute Gasteiger partial charge is 0.422 e. The van der Waals surface area contributed by atoms with Gasteiger partial charge in [0.2, 0.25) is 0 Å². The summed E-state index contributed by atoms with van der Waals surface area (Å²) in [5.74, 6) is -0.391. The van der Waals surface area contributed by atoms with E-state index in [4.69, 9.17) is 14.9 Å². The van der Waals surface area contributed by atoms with E-state index in [1.807, 2.05) is 0 Å². The van der Waals surface area contributed by atoms with E-state index in [1.165, 1.54) is 17.0 Å². The molecule has 0 aliphatic heterocycles. The third kappa shape index (κ3) is 5.05. The maximum atomic E-state index is 14.5. The van der Waals surface area contributed by atoms with Crippen LogP contribution in [0.25, 0.3) is 11.0 Å². The van der Waals surface area contributed by atoms with Gasteiger partial charge in [-0.05, 0) is 36.4 Å². The lowest BCUT2D eigenvalue weighted by Crippen LogP contribution is -2.25. The van der Waals surface area contributed by atoms with Crippen molar-refractivity contribution in [2.45, 2.75) is 13.0 Å². The first-order valence-electron chi connectivity index (χ1n) is 9.96. The topological polar surface area (TPSA) is 89.0 Å². The van der Waals surface area contributed by atoms with Crippen molar-refractivity contribution in [3.63, 3.8) is 0 Å². The van der Waals surface area contributed by atoms with E-state index in [2.05, 4.69) is 0 Å². The quantitative estimate of drug-likeness (QED) is 0.442. The predicted molar refractivity (Wildman–Crippen MR) is 118 cm³/mol. The molecule has 0 fully saturated rings. The summed E-state index contributed by atoms with van der Waals surface area (Å²) in [6.07, 6.45) is -0.617. The Kier molecular flexibility index (Phi) is 7.09. The third-order valence-corrected chi connectivity index (χ3v) is 5.03. The Hall–Kier alpha value is -3.46. The van der Waals surface area contributed by atoms with Crippen LogP contribution in [0.5, 0.6) is 5.75 Å². The minimum absolute atomic E-state index is 0.0175. The van der Waals surface area contributed by atoms with E-state index < -0.39 is 24.2 Å². The van der Waals surface area contributed by atoms with Crippen molar-refractivity contribution in [1.29, 1.82) is 0 Å². The Bertz CT molecular complexity index is 1190. The lowest BCUT2D eigenvalue weighted by molar-refractivity contribution is 0.172. The molecule has 0 aliphatic carbocycles. The monoisotopic (exact) mass is 445 g/mol. The highest BCUT2D eigenvalue weighted by atomic mass is 19.1. The van der Waals surface area contributed by atoms with Gasteiger partial charge in [0.15, 0.2) is 0 Å². The van der Waals surface area contributed by atoms with Gasteiger partial charge in [0.25, 0.3) is 0 Å². The number of rotatable bonds is 7. The van der Waals surface area contributed by atoms with E-state index >= 15 is 0 Å². The molecule has 3 rings (SSSR count). The van der Waals surface area contributed by atoms with Crippen LogP contribution in [0.3, 0.4) is 0 Å². The lowest BCUT2D eigenvalue weighted by atomic mass is 9.97. The first-order valence-corrected chi connectivity index (χ1v) is 9.96. The molecule has 170 valence electrons. The number of halogens is 2. The number of nitrogens with zero attached hydrogens (tertiary/aromatic N) is 2. The van der Waals surface area contributed by atoms with Crippen LogP contribution in [0.1, 0.15) is 16.7 Å². The number of carbonyl (C=O) groups excluding carboxylic acids is 1. The van der Waals surface area contributed by atoms with Crippen molar-refractivity contribution in [3.8, 4) is 5.75 Å². The molecule has 1 aromatic heterocycles. The molecule has 1 amide bonds. The van der Waals surface area contributed by atoms with Crippen molar-refractivity contribution >= 4 is 22.7 Å². The molecule has 7 nitrogen and oxygen atoms in total. The van der Waals surface area contributed by atoms with Crippen molar-refractivity contribution in [2.75, 3.05) is 40.1 Å². The number of anilines is 1. The Morgan fingerprint density at radius 1 is 1.16 bits per heavy atom. The molecule has 0 spiro atoms. The average molecular weight is 445 g/mol. The van der Waals surface area contributed by atoms with Gasteiger partial charge in [-0.2, -0.15) is 0 Å². The molecule has 0 saturated heterocycles.